The molecule has 0 spiro atoms. The molecule has 1 heterocycles. The molecule has 1 saturated heterocycles. The highest BCUT2D eigenvalue weighted by molar-refractivity contribution is 9.23. The second-order valence-electron chi connectivity index (χ2n) is 10.3. The van der Waals surface area contributed by atoms with Crippen LogP contribution in [-0.4, -0.2) is 85.1 Å². The summed E-state index contributed by atoms with van der Waals surface area (Å²) in [7, 11) is -5.07. The maximum Gasteiger partial charge on any atom is 0.501 e. The molecule has 6 nitrogen and oxygen atoms in total. The lowest BCUT2D eigenvalue weighted by Crippen LogP contribution is -2.52. The fourth-order valence-corrected chi connectivity index (χ4v) is 23.8. The molecule has 1 fully saturated rings. The van der Waals surface area contributed by atoms with Crippen molar-refractivity contribution in [1.29, 1.82) is 0 Å². The largest absolute Gasteiger partial charge is 0.501 e. The summed E-state index contributed by atoms with van der Waals surface area (Å²) < 4.78 is 30.1. The van der Waals surface area contributed by atoms with E-state index in [9.17, 15) is 5.11 Å². The Morgan fingerprint density at radius 1 is 1.05 bits per heavy atom. The van der Waals surface area contributed by atoms with Crippen LogP contribution in [0.25, 0.3) is 0 Å². The predicted octanol–water partition coefficient (Wildman–Crippen LogP) is 7.56. The van der Waals surface area contributed by atoms with E-state index in [1.165, 1.54) is 6.42 Å². The van der Waals surface area contributed by atoms with Gasteiger partial charge in [-0.2, -0.15) is 12.6 Å². The lowest BCUT2D eigenvalue weighted by atomic mass is 10.2. The molecule has 4 unspecified atom stereocenters. The van der Waals surface area contributed by atoms with Crippen molar-refractivity contribution in [3.8, 4) is 0 Å². The number of thiol groups is 1. The van der Waals surface area contributed by atoms with Crippen LogP contribution < -0.4 is 0 Å². The number of rotatable bonds is 23. The molecule has 0 amide bonds. The van der Waals surface area contributed by atoms with Gasteiger partial charge in [-0.3, -0.25) is 0 Å². The summed E-state index contributed by atoms with van der Waals surface area (Å²) in [6.07, 6.45) is 3.12. The van der Waals surface area contributed by atoms with E-state index in [-0.39, 0.29) is 18.4 Å². The van der Waals surface area contributed by atoms with Crippen molar-refractivity contribution < 1.29 is 27.2 Å². The smallest absolute Gasteiger partial charge is 0.396 e. The minimum atomic E-state index is -2.64. The van der Waals surface area contributed by atoms with Crippen LogP contribution in [0.2, 0.25) is 18.6 Å². The molecular weight excluding hydrogens is 632 g/mol. The van der Waals surface area contributed by atoms with E-state index in [2.05, 4.69) is 46.9 Å². The number of hydrogen-bond acceptors (Lipinski definition) is 11. The second-order valence-corrected chi connectivity index (χ2v) is 33.0. The van der Waals surface area contributed by atoms with E-state index in [4.69, 9.17) is 33.9 Å². The van der Waals surface area contributed by atoms with Gasteiger partial charge in [0.05, 0.1) is 0 Å². The van der Waals surface area contributed by atoms with E-state index >= 15 is 0 Å². The van der Waals surface area contributed by atoms with Gasteiger partial charge in [-0.15, -0.1) is 34.1 Å². The topological polar surface area (TPSA) is 66.4 Å². The average Bonchev–Trinajstić information content (AvgIpc) is 2.91. The Bertz CT molecular complexity index is 660. The Hall–Kier alpha value is 2.24. The highest BCUT2D eigenvalue weighted by Crippen LogP contribution is 2.78. The lowest BCUT2D eigenvalue weighted by molar-refractivity contribution is -0.0135. The zero-order valence-electron chi connectivity index (χ0n) is 24.4. The van der Waals surface area contributed by atoms with E-state index in [1.807, 2.05) is 41.1 Å². The minimum Gasteiger partial charge on any atom is -0.396 e. The molecule has 1 rings (SSSR count). The second kappa shape index (κ2) is 21.0. The zero-order valence-corrected chi connectivity index (χ0v) is 31.4. The Balaban J connectivity index is 2.65. The van der Waals surface area contributed by atoms with Gasteiger partial charge in [-0.25, -0.2) is 0 Å². The molecule has 4 atom stereocenters. The Kier molecular flexibility index (Phi) is 21.2. The molecule has 14 heteroatoms. The predicted molar refractivity (Wildman–Crippen MR) is 182 cm³/mol. The third kappa shape index (κ3) is 16.2. The maximum atomic E-state index is 9.51. The van der Waals surface area contributed by atoms with Gasteiger partial charge in [0.15, 0.2) is 0 Å². The Morgan fingerprint density at radius 3 is 2.26 bits per heavy atom. The van der Waals surface area contributed by atoms with Crippen LogP contribution in [0.4, 0.5) is 0 Å². The molecular formula is C24H53O6PS5Si2. The van der Waals surface area contributed by atoms with Crippen LogP contribution >= 0.6 is 50.4 Å². The van der Waals surface area contributed by atoms with Crippen molar-refractivity contribution in [1.82, 2.24) is 0 Å². The number of aliphatic hydroxyl groups is 1. The molecule has 0 saturated carbocycles. The van der Waals surface area contributed by atoms with Gasteiger partial charge in [0, 0.05) is 63.4 Å². The summed E-state index contributed by atoms with van der Waals surface area (Å²) in [5, 5.41) is 9.51. The summed E-state index contributed by atoms with van der Waals surface area (Å²) >= 11 is 16.4. The fourth-order valence-electron chi connectivity index (χ4n) is 3.46. The molecule has 0 aliphatic carbocycles. The highest BCUT2D eigenvalue weighted by Gasteiger charge is 2.44. The summed E-state index contributed by atoms with van der Waals surface area (Å²) in [6.45, 7) is 16.0. The van der Waals surface area contributed by atoms with E-state index < -0.39 is 21.0 Å². The average molecular weight is 685 g/mol. The minimum absolute atomic E-state index is 0.0962. The summed E-state index contributed by atoms with van der Waals surface area (Å²) in [6, 6.07) is 1.73. The molecule has 1 aliphatic heterocycles. The van der Waals surface area contributed by atoms with Crippen LogP contribution in [-0.2, 0) is 33.9 Å². The fraction of sp³-hybridized carbons (Fsp3) is 1.00. The van der Waals surface area contributed by atoms with Crippen LogP contribution in [0.1, 0.15) is 53.9 Å². The first-order valence-electron chi connectivity index (χ1n) is 14.0. The van der Waals surface area contributed by atoms with Gasteiger partial charge < -0.3 is 27.2 Å². The monoisotopic (exact) mass is 684 g/mol. The van der Waals surface area contributed by atoms with Gasteiger partial charge in [-0.1, -0.05) is 46.4 Å². The zero-order chi connectivity index (χ0) is 28.5. The standard InChI is InChI=1S/C24H53O6PS5Si2/c1-7-12-35-31(33,34-8-2)36-13-10-14-37(6,26-17-22(3)16-25)27-18-23(4)19-28-38(15-9-11-32)29-20-24(5)21-30-38/h22-25,32H,7-21H2,1-6H3. The third-order valence-electron chi connectivity index (χ3n) is 5.83. The molecule has 1 N–H and O–H groups in total. The van der Waals surface area contributed by atoms with E-state index in [0.29, 0.717) is 39.0 Å². The van der Waals surface area contributed by atoms with Crippen molar-refractivity contribution in [2.45, 2.75) is 72.5 Å². The molecule has 38 heavy (non-hydrogen) atoms. The Labute approximate surface area is 258 Å². The molecule has 228 valence electrons. The maximum absolute atomic E-state index is 9.51. The van der Waals surface area contributed by atoms with E-state index in [0.717, 1.165) is 47.9 Å². The summed E-state index contributed by atoms with van der Waals surface area (Å²) in [5.74, 6) is 4.75. The van der Waals surface area contributed by atoms with Crippen molar-refractivity contribution in [2.75, 3.05) is 62.7 Å². The normalized spacial score (nSPS) is 25.0. The first kappa shape index (κ1) is 38.3. The van der Waals surface area contributed by atoms with Crippen LogP contribution in [0, 0.1) is 17.8 Å². The van der Waals surface area contributed by atoms with Crippen molar-refractivity contribution >= 4 is 79.6 Å². The molecule has 0 bridgehead atoms. The number of aliphatic hydroxyl groups excluding tert-OH is 1. The van der Waals surface area contributed by atoms with Crippen LogP contribution in [0.15, 0.2) is 0 Å². The molecule has 0 aromatic carbocycles. The van der Waals surface area contributed by atoms with Crippen molar-refractivity contribution in [3.63, 3.8) is 0 Å². The van der Waals surface area contributed by atoms with Gasteiger partial charge in [-0.05, 0) is 54.9 Å². The van der Waals surface area contributed by atoms with Gasteiger partial charge >= 0.3 is 17.4 Å². The summed E-state index contributed by atoms with van der Waals surface area (Å²) in [5.41, 5.74) is 0. The van der Waals surface area contributed by atoms with E-state index in [1.54, 1.807) is 0 Å². The first-order valence-corrected chi connectivity index (χ1v) is 26.7. The molecule has 0 aromatic heterocycles. The third-order valence-corrected chi connectivity index (χ3v) is 27.3. The van der Waals surface area contributed by atoms with Crippen molar-refractivity contribution in [2.24, 2.45) is 17.8 Å². The number of hydrogen-bond donors (Lipinski definition) is 2. The van der Waals surface area contributed by atoms with Crippen molar-refractivity contribution in [3.05, 3.63) is 0 Å². The lowest BCUT2D eigenvalue weighted by Gasteiger charge is -2.36. The van der Waals surface area contributed by atoms with Gasteiger partial charge in [0.2, 0.25) is 0 Å². The summed E-state index contributed by atoms with van der Waals surface area (Å²) in [4.78, 5) is 0. The van der Waals surface area contributed by atoms with Crippen LogP contribution in [0.3, 0.4) is 0 Å². The quantitative estimate of drug-likeness (QED) is 0.0488. The molecule has 0 aromatic rings. The first-order chi connectivity index (χ1) is 18.0. The SMILES string of the molecule is CCCSP(=S)(SCC)SCCC[Si](C)(OCC(C)CO)OCC(C)CO[Si]1(CCCS)OCC(C)CO1. The van der Waals surface area contributed by atoms with Gasteiger partial charge in [0.25, 0.3) is 0 Å². The van der Waals surface area contributed by atoms with Crippen LogP contribution in [0.5, 0.6) is 0 Å². The molecule has 0 radical (unpaired) electrons. The highest BCUT2D eigenvalue weighted by atomic mass is 33.5. The molecule has 1 aliphatic rings. The Morgan fingerprint density at radius 2 is 1.68 bits per heavy atom. The van der Waals surface area contributed by atoms with Gasteiger partial charge in [0.1, 0.15) is 3.64 Å².